The van der Waals surface area contributed by atoms with E-state index in [1.54, 1.807) is 36.4 Å². The van der Waals surface area contributed by atoms with Crippen LogP contribution in [0.3, 0.4) is 0 Å². The predicted octanol–water partition coefficient (Wildman–Crippen LogP) is 2.57. The molecule has 1 amide bonds. The Morgan fingerprint density at radius 1 is 1.23 bits per heavy atom. The van der Waals surface area contributed by atoms with Crippen LogP contribution in [0.25, 0.3) is 0 Å². The van der Waals surface area contributed by atoms with Crippen molar-refractivity contribution in [3.63, 3.8) is 0 Å². The van der Waals surface area contributed by atoms with Crippen LogP contribution in [0.15, 0.2) is 48.5 Å². The topological polar surface area (TPSA) is 75.7 Å². The molecule has 1 aliphatic rings. The van der Waals surface area contributed by atoms with E-state index in [0.717, 1.165) is 11.8 Å². The fourth-order valence-electron chi connectivity index (χ4n) is 2.76. The van der Waals surface area contributed by atoms with Crippen LogP contribution in [0.4, 0.5) is 5.69 Å². The first-order valence-corrected chi connectivity index (χ1v) is 10.3. The van der Waals surface area contributed by atoms with Gasteiger partial charge in [0.05, 0.1) is 11.9 Å². The third-order valence-electron chi connectivity index (χ3n) is 4.07. The van der Waals surface area contributed by atoms with E-state index >= 15 is 0 Å². The van der Waals surface area contributed by atoms with Gasteiger partial charge in [0.25, 0.3) is 5.91 Å². The molecule has 0 saturated heterocycles. The van der Waals surface area contributed by atoms with Gasteiger partial charge in [0.1, 0.15) is 5.75 Å². The Morgan fingerprint density at radius 3 is 2.62 bits per heavy atom. The van der Waals surface area contributed by atoms with Gasteiger partial charge in [0, 0.05) is 24.5 Å². The number of sulfonamides is 1. The van der Waals surface area contributed by atoms with E-state index in [1.807, 2.05) is 12.1 Å². The molecule has 138 valence electrons. The normalized spacial score (nSPS) is 17.0. The van der Waals surface area contributed by atoms with Gasteiger partial charge in [-0.25, -0.2) is 8.42 Å². The van der Waals surface area contributed by atoms with Crippen LogP contribution in [-0.2, 0) is 21.4 Å². The molecular formula is C18H19ClN2O4S. The van der Waals surface area contributed by atoms with E-state index in [-0.39, 0.29) is 18.9 Å². The minimum atomic E-state index is -3.46. The van der Waals surface area contributed by atoms with Gasteiger partial charge in [-0.05, 0) is 29.8 Å². The number of halogens is 1. The molecule has 1 atom stereocenters. The molecule has 26 heavy (non-hydrogen) atoms. The highest BCUT2D eigenvalue weighted by molar-refractivity contribution is 7.92. The van der Waals surface area contributed by atoms with E-state index in [9.17, 15) is 13.2 Å². The third-order valence-corrected chi connectivity index (χ3v) is 5.50. The molecule has 1 N–H and O–H groups in total. The molecule has 0 saturated carbocycles. The van der Waals surface area contributed by atoms with Gasteiger partial charge in [-0.2, -0.15) is 0 Å². The van der Waals surface area contributed by atoms with Gasteiger partial charge >= 0.3 is 0 Å². The van der Waals surface area contributed by atoms with Gasteiger partial charge in [-0.15, -0.1) is 0 Å². The molecule has 0 fully saturated rings. The third kappa shape index (κ3) is 4.28. The van der Waals surface area contributed by atoms with Gasteiger partial charge in [0.15, 0.2) is 6.10 Å². The Kier molecular flexibility index (Phi) is 5.38. The number of hydrogen-bond acceptors (Lipinski definition) is 4. The first-order valence-electron chi connectivity index (χ1n) is 8.10. The lowest BCUT2D eigenvalue weighted by atomic mass is 10.2. The van der Waals surface area contributed by atoms with Crippen LogP contribution >= 0.6 is 11.6 Å². The fraction of sp³-hybridized carbons (Fsp3) is 0.278. The molecular weight excluding hydrogens is 376 g/mol. The summed E-state index contributed by atoms with van der Waals surface area (Å²) in [6.45, 7) is 0.516. The van der Waals surface area contributed by atoms with Crippen molar-refractivity contribution in [2.45, 2.75) is 19.1 Å². The fourth-order valence-corrected chi connectivity index (χ4v) is 3.84. The molecule has 2 aromatic carbocycles. The van der Waals surface area contributed by atoms with Gasteiger partial charge in [-0.1, -0.05) is 35.9 Å². The Labute approximate surface area is 157 Å². The molecule has 0 bridgehead atoms. The van der Waals surface area contributed by atoms with Crippen molar-refractivity contribution in [1.29, 1.82) is 0 Å². The molecule has 8 heteroatoms. The molecule has 1 aliphatic heterocycles. The van der Waals surface area contributed by atoms with E-state index in [1.165, 1.54) is 4.31 Å². The highest BCUT2D eigenvalue weighted by atomic mass is 35.5. The lowest BCUT2D eigenvalue weighted by molar-refractivity contribution is -0.128. The van der Waals surface area contributed by atoms with Crippen molar-refractivity contribution in [3.05, 3.63) is 59.1 Å². The first kappa shape index (κ1) is 18.5. The summed E-state index contributed by atoms with van der Waals surface area (Å²) in [7, 11) is -3.46. The Morgan fingerprint density at radius 2 is 1.92 bits per heavy atom. The molecule has 0 aliphatic carbocycles. The Hall–Kier alpha value is -2.25. The smallest absolute Gasteiger partial charge is 0.261 e. The molecule has 6 nitrogen and oxygen atoms in total. The number of amides is 1. The number of nitrogens with one attached hydrogen (secondary N) is 1. The Balaban J connectivity index is 1.74. The summed E-state index contributed by atoms with van der Waals surface area (Å²) in [5.41, 5.74) is 1.36. The van der Waals surface area contributed by atoms with Crippen molar-refractivity contribution in [3.8, 4) is 5.75 Å². The van der Waals surface area contributed by atoms with Gasteiger partial charge < -0.3 is 10.1 Å². The average molecular weight is 395 g/mol. The minimum absolute atomic E-state index is 0.175. The zero-order valence-electron chi connectivity index (χ0n) is 14.2. The van der Waals surface area contributed by atoms with Crippen molar-refractivity contribution < 1.29 is 17.9 Å². The van der Waals surface area contributed by atoms with Crippen LogP contribution in [0.2, 0.25) is 5.02 Å². The minimum Gasteiger partial charge on any atom is -0.478 e. The number of benzene rings is 2. The highest BCUT2D eigenvalue weighted by Crippen LogP contribution is 2.33. The summed E-state index contributed by atoms with van der Waals surface area (Å²) in [6, 6.07) is 14.0. The number of carbonyl (C=O) groups excluding carboxylic acids is 1. The molecule has 0 radical (unpaired) electrons. The number of nitrogens with zero attached hydrogens (tertiary/aromatic N) is 1. The summed E-state index contributed by atoms with van der Waals surface area (Å²) in [4.78, 5) is 12.5. The predicted molar refractivity (Wildman–Crippen MR) is 101 cm³/mol. The maximum atomic E-state index is 12.5. The van der Waals surface area contributed by atoms with E-state index < -0.39 is 16.1 Å². The second-order valence-electron chi connectivity index (χ2n) is 6.04. The highest BCUT2D eigenvalue weighted by Gasteiger charge is 2.30. The number of para-hydroxylation sites is 2. The quantitative estimate of drug-likeness (QED) is 0.864. The summed E-state index contributed by atoms with van der Waals surface area (Å²) in [5, 5.41) is 3.45. The van der Waals surface area contributed by atoms with E-state index in [2.05, 4.69) is 5.32 Å². The standard InChI is InChI=1S/C18H19ClN2O4S/c1-26(23,24)21-11-10-17(25-16-5-3-2-4-15(16)21)18(22)20-12-13-6-8-14(19)9-7-13/h2-9,17H,10-12H2,1H3,(H,20,22)/t17-/m0/s1. The zero-order valence-corrected chi connectivity index (χ0v) is 15.8. The molecule has 2 aromatic rings. The monoisotopic (exact) mass is 394 g/mol. The second kappa shape index (κ2) is 7.55. The largest absolute Gasteiger partial charge is 0.478 e. The van der Waals surface area contributed by atoms with Gasteiger partial charge in [-0.3, -0.25) is 9.10 Å². The number of carbonyl (C=O) groups is 1. The molecule has 1 heterocycles. The SMILES string of the molecule is CS(=O)(=O)N1CC[C@@H](C(=O)NCc2ccc(Cl)cc2)Oc2ccccc21. The van der Waals surface area contributed by atoms with Crippen molar-refractivity contribution in [1.82, 2.24) is 5.32 Å². The number of anilines is 1. The van der Waals surface area contributed by atoms with Gasteiger partial charge in [0.2, 0.25) is 10.0 Å². The average Bonchev–Trinajstić information content (AvgIpc) is 2.80. The van der Waals surface area contributed by atoms with Crippen molar-refractivity contribution in [2.24, 2.45) is 0 Å². The van der Waals surface area contributed by atoms with Crippen LogP contribution < -0.4 is 14.4 Å². The number of ether oxygens (including phenoxy) is 1. The molecule has 0 unspecified atom stereocenters. The lowest BCUT2D eigenvalue weighted by Gasteiger charge is -2.20. The molecule has 3 rings (SSSR count). The number of fused-ring (bicyclic) bond motifs is 1. The Bertz CT molecular complexity index is 900. The maximum Gasteiger partial charge on any atom is 0.261 e. The number of rotatable bonds is 4. The molecule has 0 spiro atoms. The maximum absolute atomic E-state index is 12.5. The second-order valence-corrected chi connectivity index (χ2v) is 8.39. The summed E-state index contributed by atoms with van der Waals surface area (Å²) in [5.74, 6) is 0.0900. The van der Waals surface area contributed by atoms with Crippen molar-refractivity contribution in [2.75, 3.05) is 17.1 Å². The first-order chi connectivity index (χ1) is 12.3. The van der Waals surface area contributed by atoms with Crippen LogP contribution in [-0.4, -0.2) is 33.2 Å². The van der Waals surface area contributed by atoms with Crippen LogP contribution in [0, 0.1) is 0 Å². The zero-order chi connectivity index (χ0) is 18.7. The summed E-state index contributed by atoms with van der Waals surface area (Å²) < 4.78 is 31.2. The van der Waals surface area contributed by atoms with Crippen molar-refractivity contribution >= 4 is 33.2 Å². The van der Waals surface area contributed by atoms with Crippen LogP contribution in [0.1, 0.15) is 12.0 Å². The lowest BCUT2D eigenvalue weighted by Crippen LogP contribution is -2.39. The summed E-state index contributed by atoms with van der Waals surface area (Å²) >= 11 is 5.85. The molecule has 0 aromatic heterocycles. The van der Waals surface area contributed by atoms with Crippen LogP contribution in [0.5, 0.6) is 5.75 Å². The van der Waals surface area contributed by atoms with E-state index in [4.69, 9.17) is 16.3 Å². The number of hydrogen-bond donors (Lipinski definition) is 1. The van der Waals surface area contributed by atoms with E-state index in [0.29, 0.717) is 23.0 Å². The summed E-state index contributed by atoms with van der Waals surface area (Å²) in [6.07, 6.45) is 0.633.